The molecule has 2 aromatic heterocycles. The number of carbonyl (C=O) groups is 1. The molecule has 0 spiro atoms. The number of halogens is 5. The molecule has 34 heavy (non-hydrogen) atoms. The zero-order valence-electron chi connectivity index (χ0n) is 17.4. The lowest BCUT2D eigenvalue weighted by Gasteiger charge is -2.28. The zero-order chi connectivity index (χ0) is 24.5. The highest BCUT2D eigenvalue weighted by atomic mass is 19.4. The molecule has 1 aliphatic heterocycles. The molecule has 1 atom stereocenters. The van der Waals surface area contributed by atoms with Crippen LogP contribution in [0.2, 0.25) is 0 Å². The first-order valence-corrected chi connectivity index (χ1v) is 10.1. The van der Waals surface area contributed by atoms with Gasteiger partial charge in [-0.05, 0) is 35.9 Å². The first-order chi connectivity index (χ1) is 16.1. The van der Waals surface area contributed by atoms with Crippen molar-refractivity contribution < 1.29 is 36.2 Å². The summed E-state index contributed by atoms with van der Waals surface area (Å²) in [5, 5.41) is 0. The molecule has 0 bridgehead atoms. The number of alkyl halides is 3. The van der Waals surface area contributed by atoms with E-state index < -0.39 is 35.4 Å². The molecule has 178 valence electrons. The monoisotopic (exact) mass is 480 g/mol. The number of hydrogen-bond donors (Lipinski definition) is 0. The minimum absolute atomic E-state index is 0.0266. The highest BCUT2D eigenvalue weighted by Gasteiger charge is 2.33. The summed E-state index contributed by atoms with van der Waals surface area (Å²) in [6.07, 6.45) is -2.82. The van der Waals surface area contributed by atoms with E-state index >= 15 is 0 Å². The van der Waals surface area contributed by atoms with Gasteiger partial charge in [0.1, 0.15) is 5.82 Å². The van der Waals surface area contributed by atoms with Crippen molar-refractivity contribution in [2.45, 2.75) is 24.7 Å². The number of benzene rings is 1. The third-order valence-electron chi connectivity index (χ3n) is 5.36. The molecular formula is C23H17F5N2O4. The van der Waals surface area contributed by atoms with Crippen molar-refractivity contribution in [2.75, 3.05) is 13.2 Å². The fraction of sp³-hybridized carbons (Fsp3) is 0.261. The fourth-order valence-electron chi connectivity index (χ4n) is 3.61. The molecule has 3 heterocycles. The topological polar surface area (TPSA) is 70.4 Å². The van der Waals surface area contributed by atoms with Gasteiger partial charge in [-0.15, -0.1) is 13.2 Å². The first kappa shape index (κ1) is 23.6. The first-order valence-electron chi connectivity index (χ1n) is 10.1. The van der Waals surface area contributed by atoms with Gasteiger partial charge in [0.25, 0.3) is 5.56 Å². The van der Waals surface area contributed by atoms with Gasteiger partial charge in [0.2, 0.25) is 0 Å². The molecule has 6 nitrogen and oxygen atoms in total. The summed E-state index contributed by atoms with van der Waals surface area (Å²) in [7, 11) is 0. The second kappa shape index (κ2) is 9.34. The van der Waals surface area contributed by atoms with Crippen LogP contribution in [0.4, 0.5) is 22.0 Å². The Balaban J connectivity index is 1.68. The average Bonchev–Trinajstić information content (AvgIpc) is 2.73. The van der Waals surface area contributed by atoms with Crippen LogP contribution in [-0.2, 0) is 4.74 Å². The lowest BCUT2D eigenvalue weighted by molar-refractivity contribution is -0.275. The maximum Gasteiger partial charge on any atom is 0.573 e. The van der Waals surface area contributed by atoms with Crippen LogP contribution in [-0.4, -0.2) is 34.9 Å². The summed E-state index contributed by atoms with van der Waals surface area (Å²) >= 11 is 0. The molecule has 0 radical (unpaired) electrons. The van der Waals surface area contributed by atoms with Gasteiger partial charge in [-0.2, -0.15) is 0 Å². The third kappa shape index (κ3) is 5.14. The number of hydrogen-bond acceptors (Lipinski definition) is 5. The molecule has 0 aliphatic carbocycles. The number of aromatic nitrogens is 2. The molecule has 1 fully saturated rings. The van der Waals surface area contributed by atoms with Crippen molar-refractivity contribution in [3.05, 3.63) is 93.7 Å². The van der Waals surface area contributed by atoms with Crippen LogP contribution in [0.1, 0.15) is 40.0 Å². The maximum atomic E-state index is 14.6. The predicted octanol–water partition coefficient (Wildman–Crippen LogP) is 4.40. The van der Waals surface area contributed by atoms with Gasteiger partial charge in [0.05, 0.1) is 24.9 Å². The quantitative estimate of drug-likeness (QED) is 0.371. The van der Waals surface area contributed by atoms with Gasteiger partial charge in [0, 0.05) is 36.4 Å². The van der Waals surface area contributed by atoms with Gasteiger partial charge < -0.3 is 14.0 Å². The van der Waals surface area contributed by atoms with Gasteiger partial charge >= 0.3 is 6.36 Å². The van der Waals surface area contributed by atoms with Crippen molar-refractivity contribution in [1.29, 1.82) is 0 Å². The number of nitrogens with zero attached hydrogens (tertiary/aromatic N) is 2. The molecule has 3 aromatic rings. The van der Waals surface area contributed by atoms with Crippen LogP contribution in [0.5, 0.6) is 5.75 Å². The minimum atomic E-state index is -5.10. The Bertz CT molecular complexity index is 1270. The van der Waals surface area contributed by atoms with E-state index in [1.165, 1.54) is 35.2 Å². The van der Waals surface area contributed by atoms with Crippen molar-refractivity contribution in [3.8, 4) is 5.75 Å². The molecule has 11 heteroatoms. The summed E-state index contributed by atoms with van der Waals surface area (Å²) in [6, 6.07) is 7.40. The molecule has 0 amide bonds. The Labute approximate surface area is 189 Å². The Kier molecular flexibility index (Phi) is 6.47. The highest BCUT2D eigenvalue weighted by Crippen LogP contribution is 2.34. The van der Waals surface area contributed by atoms with E-state index in [2.05, 4.69) is 9.72 Å². The van der Waals surface area contributed by atoms with E-state index in [1.54, 1.807) is 0 Å². The highest BCUT2D eigenvalue weighted by molar-refractivity contribution is 5.96. The van der Waals surface area contributed by atoms with Crippen LogP contribution in [0, 0.1) is 11.6 Å². The fourth-order valence-corrected chi connectivity index (χ4v) is 3.61. The van der Waals surface area contributed by atoms with Crippen LogP contribution < -0.4 is 10.3 Å². The summed E-state index contributed by atoms with van der Waals surface area (Å²) < 4.78 is 76.5. The molecule has 1 aliphatic rings. The van der Waals surface area contributed by atoms with E-state index in [0.717, 1.165) is 24.3 Å². The van der Waals surface area contributed by atoms with E-state index in [1.807, 2.05) is 0 Å². The van der Waals surface area contributed by atoms with Gasteiger partial charge in [0.15, 0.2) is 17.3 Å². The summed E-state index contributed by atoms with van der Waals surface area (Å²) in [4.78, 5) is 29.2. The molecule has 0 unspecified atom stereocenters. The lowest BCUT2D eigenvalue weighted by atomic mass is 9.88. The Morgan fingerprint density at radius 1 is 1.15 bits per heavy atom. The average molecular weight is 480 g/mol. The number of Topliss-reactive ketones (excluding diaryl/α,β-unsaturated/α-hetero) is 1. The zero-order valence-corrected chi connectivity index (χ0v) is 17.4. The van der Waals surface area contributed by atoms with E-state index in [9.17, 15) is 31.5 Å². The Morgan fingerprint density at radius 2 is 1.91 bits per heavy atom. The smallest absolute Gasteiger partial charge is 0.403 e. The van der Waals surface area contributed by atoms with Crippen molar-refractivity contribution in [1.82, 2.24) is 9.55 Å². The number of carbonyl (C=O) groups excluding carboxylic acids is 1. The van der Waals surface area contributed by atoms with Gasteiger partial charge in [-0.1, -0.05) is 6.07 Å². The van der Waals surface area contributed by atoms with Crippen molar-refractivity contribution in [3.63, 3.8) is 0 Å². The van der Waals surface area contributed by atoms with Gasteiger partial charge in [-0.25, -0.2) is 8.78 Å². The normalized spacial score (nSPS) is 15.0. The van der Waals surface area contributed by atoms with Crippen molar-refractivity contribution >= 4 is 5.78 Å². The molecule has 1 saturated heterocycles. The van der Waals surface area contributed by atoms with Gasteiger partial charge in [-0.3, -0.25) is 14.6 Å². The second-order valence-corrected chi connectivity index (χ2v) is 7.64. The predicted molar refractivity (Wildman–Crippen MR) is 109 cm³/mol. The largest absolute Gasteiger partial charge is 0.573 e. The van der Waals surface area contributed by atoms with Crippen LogP contribution in [0.3, 0.4) is 0 Å². The van der Waals surface area contributed by atoms with Crippen molar-refractivity contribution in [2.24, 2.45) is 0 Å². The molecular weight excluding hydrogens is 463 g/mol. The Hall–Kier alpha value is -3.60. The molecule has 1 aromatic carbocycles. The molecule has 0 N–H and O–H groups in total. The lowest BCUT2D eigenvalue weighted by Crippen LogP contribution is -2.37. The van der Waals surface area contributed by atoms with E-state index in [0.29, 0.717) is 13.2 Å². The SMILES string of the molecule is O=C(C[C@@H](c1ccc(OC(F)(F)F)c(F)c1)c1ncccc1F)c1ccc(=O)n(C2COC2)c1. The summed E-state index contributed by atoms with van der Waals surface area (Å²) in [5.41, 5.74) is -0.316. The third-order valence-corrected chi connectivity index (χ3v) is 5.36. The molecule has 0 saturated carbocycles. The maximum absolute atomic E-state index is 14.6. The summed E-state index contributed by atoms with van der Waals surface area (Å²) in [5.74, 6) is -4.77. The minimum Gasteiger partial charge on any atom is -0.403 e. The van der Waals surface area contributed by atoms with Crippen LogP contribution in [0.25, 0.3) is 0 Å². The molecule has 4 rings (SSSR count). The van der Waals surface area contributed by atoms with Crippen LogP contribution in [0.15, 0.2) is 59.7 Å². The Morgan fingerprint density at radius 3 is 2.53 bits per heavy atom. The second-order valence-electron chi connectivity index (χ2n) is 7.64. The standard InChI is InChI=1S/C23H17F5N2O4/c24-17-2-1-7-29-22(17)16(13-3-5-20(18(25)8-13)34-23(26,27)28)9-19(31)14-4-6-21(32)30(10-14)15-11-33-12-15/h1-8,10,15-16H,9,11-12H2/t16-/m0/s1. The number of rotatable bonds is 7. The number of ketones is 1. The van der Waals surface area contributed by atoms with Crippen LogP contribution >= 0.6 is 0 Å². The summed E-state index contributed by atoms with van der Waals surface area (Å²) in [6.45, 7) is 0.649. The van der Waals surface area contributed by atoms with E-state index in [-0.39, 0.29) is 34.8 Å². The van der Waals surface area contributed by atoms with E-state index in [4.69, 9.17) is 4.74 Å². The number of ether oxygens (including phenoxy) is 2. The number of pyridine rings is 2.